The van der Waals surface area contributed by atoms with Gasteiger partial charge >= 0.3 is 12.3 Å². The number of amides is 1. The minimum Gasteiger partial charge on any atom is -0.478 e. The van der Waals surface area contributed by atoms with E-state index in [0.29, 0.717) is 12.1 Å². The van der Waals surface area contributed by atoms with Crippen LogP contribution in [0, 0.1) is 11.6 Å². The first-order chi connectivity index (χ1) is 15.0. The predicted molar refractivity (Wildman–Crippen MR) is 97.8 cm³/mol. The molecule has 12 heteroatoms. The van der Waals surface area contributed by atoms with Crippen molar-refractivity contribution in [1.29, 1.82) is 0 Å². The van der Waals surface area contributed by atoms with Gasteiger partial charge in [-0.25, -0.2) is 13.6 Å². The number of nitrogens with one attached hydrogen (secondary N) is 1. The second-order valence-corrected chi connectivity index (χ2v) is 6.25. The average molecular weight is 453 g/mol. The Morgan fingerprint density at radius 3 is 2.34 bits per heavy atom. The molecule has 0 aliphatic rings. The van der Waals surface area contributed by atoms with Gasteiger partial charge in [0.05, 0.1) is 11.6 Å². The number of carbonyl (C=O) groups excluding carboxylic acids is 1. The molecular formula is C20H12F5N3O4. The van der Waals surface area contributed by atoms with Crippen LogP contribution in [0.1, 0.15) is 38.1 Å². The Morgan fingerprint density at radius 1 is 1.03 bits per heavy atom. The van der Waals surface area contributed by atoms with Gasteiger partial charge in [0.15, 0.2) is 11.6 Å². The van der Waals surface area contributed by atoms with E-state index in [1.54, 1.807) is 0 Å². The summed E-state index contributed by atoms with van der Waals surface area (Å²) in [7, 11) is 0. The zero-order valence-corrected chi connectivity index (χ0v) is 15.7. The molecule has 0 aliphatic carbocycles. The second-order valence-electron chi connectivity index (χ2n) is 6.25. The van der Waals surface area contributed by atoms with Gasteiger partial charge in [-0.05, 0) is 42.0 Å². The van der Waals surface area contributed by atoms with Crippen LogP contribution >= 0.6 is 0 Å². The molecule has 1 atom stereocenters. The minimum absolute atomic E-state index is 0.134. The Morgan fingerprint density at radius 2 is 1.78 bits per heavy atom. The Hall–Kier alpha value is -4.09. The first-order valence-electron chi connectivity index (χ1n) is 8.71. The number of alkyl halides is 3. The van der Waals surface area contributed by atoms with E-state index in [-0.39, 0.29) is 22.5 Å². The number of rotatable bonds is 6. The lowest BCUT2D eigenvalue weighted by Gasteiger charge is -2.20. The maximum atomic E-state index is 14.4. The second kappa shape index (κ2) is 8.96. The number of carbonyl (C=O) groups is 2. The molecule has 0 unspecified atom stereocenters. The van der Waals surface area contributed by atoms with E-state index in [1.807, 2.05) is 0 Å². The van der Waals surface area contributed by atoms with Gasteiger partial charge in [-0.2, -0.15) is 0 Å². The van der Waals surface area contributed by atoms with E-state index in [9.17, 15) is 31.5 Å². The zero-order chi connectivity index (χ0) is 23.5. The van der Waals surface area contributed by atoms with Crippen molar-refractivity contribution in [3.05, 3.63) is 89.0 Å². The number of ether oxygens (including phenoxy) is 1. The van der Waals surface area contributed by atoms with Crippen LogP contribution in [-0.2, 0) is 0 Å². The van der Waals surface area contributed by atoms with Gasteiger partial charge in [0, 0.05) is 12.4 Å². The van der Waals surface area contributed by atoms with Crippen molar-refractivity contribution in [3.8, 4) is 5.75 Å². The lowest BCUT2D eigenvalue weighted by molar-refractivity contribution is -0.275. The van der Waals surface area contributed by atoms with E-state index in [1.165, 1.54) is 12.3 Å². The SMILES string of the molecule is O=C(O)c1ccc(C(=O)N[C@@H](c2ccc(OC(F)(F)F)c(F)c2)c2ncccc2F)nc1. The molecule has 0 fully saturated rings. The molecule has 0 spiro atoms. The van der Waals surface area contributed by atoms with Gasteiger partial charge in [0.25, 0.3) is 5.91 Å². The maximum absolute atomic E-state index is 14.4. The van der Waals surface area contributed by atoms with Crippen molar-refractivity contribution in [2.75, 3.05) is 0 Å². The van der Waals surface area contributed by atoms with Gasteiger partial charge in [-0.1, -0.05) is 6.07 Å². The van der Waals surface area contributed by atoms with Crippen molar-refractivity contribution >= 4 is 11.9 Å². The molecule has 2 aromatic heterocycles. The topological polar surface area (TPSA) is 101 Å². The molecule has 0 saturated carbocycles. The molecular weight excluding hydrogens is 441 g/mol. The Balaban J connectivity index is 1.96. The fourth-order valence-electron chi connectivity index (χ4n) is 2.68. The van der Waals surface area contributed by atoms with E-state index in [0.717, 1.165) is 30.5 Å². The third-order valence-electron chi connectivity index (χ3n) is 4.09. The Kier molecular flexibility index (Phi) is 6.32. The fourth-order valence-corrected chi connectivity index (χ4v) is 2.68. The van der Waals surface area contributed by atoms with Gasteiger partial charge in [0.1, 0.15) is 17.2 Å². The Labute approximate surface area is 176 Å². The number of aromatic nitrogens is 2. The van der Waals surface area contributed by atoms with E-state index >= 15 is 0 Å². The van der Waals surface area contributed by atoms with Crippen LogP contribution < -0.4 is 10.1 Å². The highest BCUT2D eigenvalue weighted by Crippen LogP contribution is 2.30. The van der Waals surface area contributed by atoms with Crippen LogP contribution in [0.5, 0.6) is 5.75 Å². The summed E-state index contributed by atoms with van der Waals surface area (Å²) in [5, 5.41) is 11.3. The summed E-state index contributed by atoms with van der Waals surface area (Å²) < 4.78 is 69.3. The lowest BCUT2D eigenvalue weighted by atomic mass is 10.0. The number of hydrogen-bond donors (Lipinski definition) is 2. The molecule has 0 radical (unpaired) electrons. The number of halogens is 5. The summed E-state index contributed by atoms with van der Waals surface area (Å²) in [6, 6.07) is 5.42. The summed E-state index contributed by atoms with van der Waals surface area (Å²) in [6.45, 7) is 0. The third kappa shape index (κ3) is 5.33. The van der Waals surface area contributed by atoms with Crippen LogP contribution in [0.25, 0.3) is 0 Å². The molecule has 1 amide bonds. The first kappa shape index (κ1) is 22.6. The van der Waals surface area contributed by atoms with Crippen molar-refractivity contribution in [3.63, 3.8) is 0 Å². The van der Waals surface area contributed by atoms with Gasteiger partial charge in [-0.3, -0.25) is 14.8 Å². The highest BCUT2D eigenvalue weighted by molar-refractivity contribution is 5.94. The zero-order valence-electron chi connectivity index (χ0n) is 15.7. The Bertz CT molecular complexity index is 1150. The molecule has 0 aliphatic heterocycles. The van der Waals surface area contributed by atoms with Crippen LogP contribution in [0.3, 0.4) is 0 Å². The smallest absolute Gasteiger partial charge is 0.478 e. The summed E-state index contributed by atoms with van der Waals surface area (Å²) >= 11 is 0. The number of carboxylic acids is 1. The molecule has 166 valence electrons. The molecule has 2 heterocycles. The van der Waals surface area contributed by atoms with Crippen LogP contribution in [-0.4, -0.2) is 33.3 Å². The molecule has 0 saturated heterocycles. The van der Waals surface area contributed by atoms with Crippen molar-refractivity contribution in [1.82, 2.24) is 15.3 Å². The predicted octanol–water partition coefficient (Wildman–Crippen LogP) is 3.87. The number of pyridine rings is 2. The molecule has 3 rings (SSSR count). The third-order valence-corrected chi connectivity index (χ3v) is 4.09. The number of hydrogen-bond acceptors (Lipinski definition) is 5. The monoisotopic (exact) mass is 453 g/mol. The summed E-state index contributed by atoms with van der Waals surface area (Å²) in [5.74, 6) is -5.55. The van der Waals surface area contributed by atoms with E-state index in [2.05, 4.69) is 20.0 Å². The first-order valence-corrected chi connectivity index (χ1v) is 8.71. The minimum atomic E-state index is -5.13. The fraction of sp³-hybridized carbons (Fsp3) is 0.100. The molecule has 7 nitrogen and oxygen atoms in total. The standard InChI is InChI=1S/C20H12F5N3O4/c21-12-2-1-7-26-17(12)16(10-4-6-15(13(22)8-10)32-20(23,24)25)28-18(29)14-5-3-11(9-27-14)19(30)31/h1-9,16H,(H,28,29)(H,30,31)/t16-/m0/s1. The molecule has 3 aromatic rings. The van der Waals surface area contributed by atoms with Crippen molar-refractivity contribution in [2.45, 2.75) is 12.4 Å². The summed E-state index contributed by atoms with van der Waals surface area (Å²) in [6.07, 6.45) is -3.00. The average Bonchev–Trinajstić information content (AvgIpc) is 2.73. The molecule has 32 heavy (non-hydrogen) atoms. The molecule has 0 bridgehead atoms. The lowest BCUT2D eigenvalue weighted by Crippen LogP contribution is -2.31. The van der Waals surface area contributed by atoms with Crippen LogP contribution in [0.2, 0.25) is 0 Å². The normalized spacial score (nSPS) is 12.2. The highest BCUT2D eigenvalue weighted by atomic mass is 19.4. The quantitative estimate of drug-likeness (QED) is 0.550. The molecule has 1 aromatic carbocycles. The largest absolute Gasteiger partial charge is 0.573 e. The van der Waals surface area contributed by atoms with Gasteiger partial charge in [0.2, 0.25) is 0 Å². The van der Waals surface area contributed by atoms with Crippen molar-refractivity contribution < 1.29 is 41.4 Å². The van der Waals surface area contributed by atoms with Crippen molar-refractivity contribution in [2.24, 2.45) is 0 Å². The van der Waals surface area contributed by atoms with Crippen LogP contribution in [0.15, 0.2) is 54.9 Å². The molecule has 2 N–H and O–H groups in total. The van der Waals surface area contributed by atoms with E-state index < -0.39 is 41.7 Å². The highest BCUT2D eigenvalue weighted by Gasteiger charge is 2.33. The number of aromatic carboxylic acids is 1. The van der Waals surface area contributed by atoms with Gasteiger partial charge in [-0.15, -0.1) is 13.2 Å². The van der Waals surface area contributed by atoms with Gasteiger partial charge < -0.3 is 15.2 Å². The maximum Gasteiger partial charge on any atom is 0.573 e. The summed E-state index contributed by atoms with van der Waals surface area (Å²) in [4.78, 5) is 31.0. The van der Waals surface area contributed by atoms with E-state index in [4.69, 9.17) is 5.11 Å². The van der Waals surface area contributed by atoms with Crippen LogP contribution in [0.4, 0.5) is 22.0 Å². The number of carboxylic acid groups (broad SMARTS) is 1. The number of nitrogens with zero attached hydrogens (tertiary/aromatic N) is 2. The summed E-state index contributed by atoms with van der Waals surface area (Å²) in [5.41, 5.74) is -0.901. The number of benzene rings is 1.